The fraction of sp³-hybridized carbons (Fsp3) is 0.600. The molecule has 84 valence electrons. The summed E-state index contributed by atoms with van der Waals surface area (Å²) in [5.41, 5.74) is 6.55. The SMILES string of the molecule is CSCCCCNc1nc(N)ncc1C. The van der Waals surface area contributed by atoms with Gasteiger partial charge in [0.1, 0.15) is 5.82 Å². The summed E-state index contributed by atoms with van der Waals surface area (Å²) in [7, 11) is 0. The minimum absolute atomic E-state index is 0.326. The number of unbranched alkanes of at least 4 members (excludes halogenated alkanes) is 1. The predicted molar refractivity (Wildman–Crippen MR) is 67.3 cm³/mol. The van der Waals surface area contributed by atoms with Crippen LogP contribution in [-0.4, -0.2) is 28.5 Å². The van der Waals surface area contributed by atoms with Crippen LogP contribution >= 0.6 is 11.8 Å². The van der Waals surface area contributed by atoms with E-state index in [1.807, 2.05) is 18.7 Å². The molecule has 1 rings (SSSR count). The number of hydrogen-bond acceptors (Lipinski definition) is 5. The second-order valence-corrected chi connectivity index (χ2v) is 4.37. The van der Waals surface area contributed by atoms with Gasteiger partial charge >= 0.3 is 0 Å². The van der Waals surface area contributed by atoms with E-state index in [0.717, 1.165) is 24.3 Å². The molecule has 0 unspecified atom stereocenters. The van der Waals surface area contributed by atoms with Crippen LogP contribution in [0, 0.1) is 6.92 Å². The van der Waals surface area contributed by atoms with Gasteiger partial charge in [0.15, 0.2) is 0 Å². The molecule has 0 radical (unpaired) electrons. The van der Waals surface area contributed by atoms with Crippen LogP contribution in [0.4, 0.5) is 11.8 Å². The van der Waals surface area contributed by atoms with Crippen LogP contribution < -0.4 is 11.1 Å². The number of thioether (sulfide) groups is 1. The lowest BCUT2D eigenvalue weighted by Gasteiger charge is -2.07. The first-order valence-corrected chi connectivity index (χ1v) is 6.45. The fourth-order valence-electron chi connectivity index (χ4n) is 1.21. The maximum absolute atomic E-state index is 5.51. The van der Waals surface area contributed by atoms with Crippen molar-refractivity contribution >= 4 is 23.5 Å². The molecule has 15 heavy (non-hydrogen) atoms. The van der Waals surface area contributed by atoms with E-state index in [0.29, 0.717) is 5.95 Å². The third kappa shape index (κ3) is 4.38. The first-order valence-electron chi connectivity index (χ1n) is 5.06. The molecule has 0 aromatic carbocycles. The number of nitrogens with two attached hydrogens (primary N) is 1. The zero-order valence-electron chi connectivity index (χ0n) is 9.29. The van der Waals surface area contributed by atoms with E-state index in [1.165, 1.54) is 12.2 Å². The van der Waals surface area contributed by atoms with E-state index >= 15 is 0 Å². The molecule has 1 aromatic heterocycles. The zero-order chi connectivity index (χ0) is 11.1. The average molecular weight is 226 g/mol. The van der Waals surface area contributed by atoms with Crippen molar-refractivity contribution in [2.45, 2.75) is 19.8 Å². The van der Waals surface area contributed by atoms with Gasteiger partial charge in [-0.15, -0.1) is 0 Å². The molecular formula is C10H18N4S. The van der Waals surface area contributed by atoms with Gasteiger partial charge in [0.2, 0.25) is 5.95 Å². The third-order valence-electron chi connectivity index (χ3n) is 2.06. The van der Waals surface area contributed by atoms with Gasteiger partial charge in [-0.1, -0.05) is 0 Å². The second-order valence-electron chi connectivity index (χ2n) is 3.39. The summed E-state index contributed by atoms with van der Waals surface area (Å²) >= 11 is 1.88. The number of anilines is 2. The number of aryl methyl sites for hydroxylation is 1. The number of nitrogens with zero attached hydrogens (tertiary/aromatic N) is 2. The summed E-state index contributed by atoms with van der Waals surface area (Å²) in [4.78, 5) is 8.06. The molecule has 0 saturated heterocycles. The standard InChI is InChI=1S/C10H18N4S/c1-8-7-13-10(11)14-9(8)12-5-3-4-6-15-2/h7H,3-6H2,1-2H3,(H3,11,12,13,14). The number of hydrogen-bond donors (Lipinski definition) is 2. The zero-order valence-corrected chi connectivity index (χ0v) is 10.1. The van der Waals surface area contributed by atoms with E-state index < -0.39 is 0 Å². The van der Waals surface area contributed by atoms with E-state index in [2.05, 4.69) is 21.5 Å². The summed E-state index contributed by atoms with van der Waals surface area (Å²) in [5, 5.41) is 3.27. The third-order valence-corrected chi connectivity index (χ3v) is 2.75. The van der Waals surface area contributed by atoms with Gasteiger partial charge in [0, 0.05) is 18.3 Å². The minimum Gasteiger partial charge on any atom is -0.370 e. The predicted octanol–water partition coefficient (Wildman–Crippen LogP) is 1.92. The quantitative estimate of drug-likeness (QED) is 0.726. The van der Waals surface area contributed by atoms with Crippen molar-refractivity contribution in [3.05, 3.63) is 11.8 Å². The molecule has 5 heteroatoms. The molecule has 0 saturated carbocycles. The average Bonchev–Trinajstić information content (AvgIpc) is 2.23. The molecule has 0 fully saturated rings. The summed E-state index contributed by atoms with van der Waals surface area (Å²) in [6.07, 6.45) is 6.26. The Labute approximate surface area is 95.1 Å². The Balaban J connectivity index is 2.33. The van der Waals surface area contributed by atoms with Crippen LogP contribution in [0.3, 0.4) is 0 Å². The Hall–Kier alpha value is -0.970. The van der Waals surface area contributed by atoms with Crippen LogP contribution in [0.1, 0.15) is 18.4 Å². The highest BCUT2D eigenvalue weighted by Gasteiger charge is 2.00. The lowest BCUT2D eigenvalue weighted by atomic mass is 10.3. The van der Waals surface area contributed by atoms with Gasteiger partial charge in [-0.3, -0.25) is 0 Å². The molecule has 0 aliphatic carbocycles. The van der Waals surface area contributed by atoms with Gasteiger partial charge in [0.25, 0.3) is 0 Å². The van der Waals surface area contributed by atoms with Gasteiger partial charge in [-0.25, -0.2) is 4.98 Å². The van der Waals surface area contributed by atoms with E-state index in [-0.39, 0.29) is 0 Å². The summed E-state index contributed by atoms with van der Waals surface area (Å²) < 4.78 is 0. The Morgan fingerprint density at radius 3 is 3.00 bits per heavy atom. The van der Waals surface area contributed by atoms with Crippen LogP contribution in [0.25, 0.3) is 0 Å². The van der Waals surface area contributed by atoms with Gasteiger partial charge in [0.05, 0.1) is 0 Å². The van der Waals surface area contributed by atoms with Crippen molar-refractivity contribution in [3.8, 4) is 0 Å². The molecule has 0 spiro atoms. The van der Waals surface area contributed by atoms with Gasteiger partial charge < -0.3 is 11.1 Å². The molecule has 0 bridgehead atoms. The van der Waals surface area contributed by atoms with Crippen molar-refractivity contribution in [3.63, 3.8) is 0 Å². The summed E-state index contributed by atoms with van der Waals surface area (Å²) in [6.45, 7) is 2.92. The smallest absolute Gasteiger partial charge is 0.221 e. The second kappa shape index (κ2) is 6.50. The molecule has 3 N–H and O–H groups in total. The monoisotopic (exact) mass is 226 g/mol. The minimum atomic E-state index is 0.326. The largest absolute Gasteiger partial charge is 0.370 e. The van der Waals surface area contributed by atoms with E-state index in [9.17, 15) is 0 Å². The molecule has 1 heterocycles. The normalized spacial score (nSPS) is 10.3. The van der Waals surface area contributed by atoms with E-state index in [4.69, 9.17) is 5.73 Å². The first kappa shape index (κ1) is 12.1. The van der Waals surface area contributed by atoms with E-state index in [1.54, 1.807) is 6.20 Å². The van der Waals surface area contributed by atoms with Crippen molar-refractivity contribution in [2.24, 2.45) is 0 Å². The molecular weight excluding hydrogens is 208 g/mol. The maximum atomic E-state index is 5.51. The van der Waals surface area contributed by atoms with Crippen LogP contribution in [0.15, 0.2) is 6.20 Å². The number of nitrogen functional groups attached to an aromatic ring is 1. The topological polar surface area (TPSA) is 63.8 Å². The van der Waals surface area contributed by atoms with Crippen LogP contribution in [-0.2, 0) is 0 Å². The lowest BCUT2D eigenvalue weighted by molar-refractivity contribution is 0.838. The molecule has 0 atom stereocenters. The van der Waals surface area contributed by atoms with Crippen molar-refractivity contribution in [1.29, 1.82) is 0 Å². The van der Waals surface area contributed by atoms with Crippen molar-refractivity contribution in [2.75, 3.05) is 29.6 Å². The van der Waals surface area contributed by atoms with Gasteiger partial charge in [-0.05, 0) is 31.8 Å². The maximum Gasteiger partial charge on any atom is 0.221 e. The molecule has 0 aliphatic heterocycles. The fourth-order valence-corrected chi connectivity index (χ4v) is 1.71. The summed E-state index contributed by atoms with van der Waals surface area (Å²) in [6, 6.07) is 0. The van der Waals surface area contributed by atoms with Crippen molar-refractivity contribution in [1.82, 2.24) is 9.97 Å². The van der Waals surface area contributed by atoms with Crippen LogP contribution in [0.2, 0.25) is 0 Å². The highest BCUT2D eigenvalue weighted by Crippen LogP contribution is 2.10. The number of aromatic nitrogens is 2. The Morgan fingerprint density at radius 2 is 2.27 bits per heavy atom. The Morgan fingerprint density at radius 1 is 1.47 bits per heavy atom. The Bertz CT molecular complexity index is 303. The van der Waals surface area contributed by atoms with Gasteiger partial charge in [-0.2, -0.15) is 16.7 Å². The number of rotatable bonds is 6. The summed E-state index contributed by atoms with van der Waals surface area (Å²) in [5.74, 6) is 2.39. The molecule has 0 amide bonds. The molecule has 4 nitrogen and oxygen atoms in total. The molecule has 1 aromatic rings. The lowest BCUT2D eigenvalue weighted by Crippen LogP contribution is -2.07. The molecule has 0 aliphatic rings. The first-order chi connectivity index (χ1) is 7.24. The number of nitrogens with one attached hydrogen (secondary N) is 1. The Kier molecular flexibility index (Phi) is 5.25. The van der Waals surface area contributed by atoms with Crippen LogP contribution in [0.5, 0.6) is 0 Å². The highest BCUT2D eigenvalue weighted by atomic mass is 32.2. The van der Waals surface area contributed by atoms with Crippen molar-refractivity contribution < 1.29 is 0 Å². The highest BCUT2D eigenvalue weighted by molar-refractivity contribution is 7.98.